The molecule has 13 heavy (non-hydrogen) atoms. The predicted molar refractivity (Wildman–Crippen MR) is 46.2 cm³/mol. The van der Waals surface area contributed by atoms with Crippen LogP contribution < -0.4 is 9.25 Å². The zero-order valence-electron chi connectivity index (χ0n) is 7.51. The summed E-state index contributed by atoms with van der Waals surface area (Å²) in [6.07, 6.45) is 6.26. The Labute approximate surface area is 76.5 Å². The van der Waals surface area contributed by atoms with Crippen LogP contribution in [0.15, 0.2) is 36.8 Å². The highest BCUT2D eigenvalue weighted by atomic mass is 15.4. The highest BCUT2D eigenvalue weighted by molar-refractivity contribution is 5.28. The van der Waals surface area contributed by atoms with E-state index in [2.05, 4.69) is 57.8 Å². The second-order valence-corrected chi connectivity index (χ2v) is 3.40. The van der Waals surface area contributed by atoms with Crippen molar-refractivity contribution in [2.24, 2.45) is 7.05 Å². The Morgan fingerprint density at radius 2 is 2.23 bits per heavy atom. The number of rotatable bonds is 0. The Kier molecular flexibility index (Phi) is 1.15. The average molecular weight is 173 g/mol. The number of aryl methyl sites for hydroxylation is 1. The van der Waals surface area contributed by atoms with Crippen LogP contribution in [0.1, 0.15) is 5.56 Å². The van der Waals surface area contributed by atoms with E-state index < -0.39 is 0 Å². The van der Waals surface area contributed by atoms with Crippen molar-refractivity contribution in [3.05, 3.63) is 42.4 Å². The van der Waals surface area contributed by atoms with E-state index in [9.17, 15) is 0 Å². The fourth-order valence-electron chi connectivity index (χ4n) is 1.96. The van der Waals surface area contributed by atoms with Gasteiger partial charge in [0.2, 0.25) is 12.7 Å². The standard InChI is InChI=1S/C10H11N3/c1-11-5-2-4-9-8-12-6-3-7-13(12)10(9)11/h2-7H,8H2,1H3/q+2. The number of aromatic nitrogens is 3. The smallest absolute Gasteiger partial charge is 0.232 e. The lowest BCUT2D eigenvalue weighted by atomic mass is 10.2. The van der Waals surface area contributed by atoms with Crippen molar-refractivity contribution in [2.75, 3.05) is 0 Å². The molecule has 0 atom stereocenters. The van der Waals surface area contributed by atoms with Crippen molar-refractivity contribution in [2.45, 2.75) is 6.54 Å². The van der Waals surface area contributed by atoms with Crippen molar-refractivity contribution in [3.8, 4) is 5.82 Å². The summed E-state index contributed by atoms with van der Waals surface area (Å²) < 4.78 is 6.53. The van der Waals surface area contributed by atoms with Gasteiger partial charge in [0.25, 0.3) is 0 Å². The van der Waals surface area contributed by atoms with Gasteiger partial charge in [0.05, 0.1) is 19.3 Å². The van der Waals surface area contributed by atoms with Crippen LogP contribution in [0.3, 0.4) is 0 Å². The molecular weight excluding hydrogens is 162 g/mol. The van der Waals surface area contributed by atoms with E-state index >= 15 is 0 Å². The lowest BCUT2D eigenvalue weighted by Gasteiger charge is -1.93. The van der Waals surface area contributed by atoms with Crippen LogP contribution in [-0.4, -0.2) is 4.68 Å². The van der Waals surface area contributed by atoms with Gasteiger partial charge < -0.3 is 0 Å². The van der Waals surface area contributed by atoms with Gasteiger partial charge in [-0.05, 0) is 16.8 Å². The molecule has 0 amide bonds. The van der Waals surface area contributed by atoms with Gasteiger partial charge in [-0.3, -0.25) is 0 Å². The first kappa shape index (κ1) is 6.83. The lowest BCUT2D eigenvalue weighted by Crippen LogP contribution is -2.40. The molecule has 0 spiro atoms. The van der Waals surface area contributed by atoms with Crippen molar-refractivity contribution in [1.82, 2.24) is 4.68 Å². The fourth-order valence-corrected chi connectivity index (χ4v) is 1.96. The lowest BCUT2D eigenvalue weighted by molar-refractivity contribution is -0.763. The fraction of sp³-hybridized carbons (Fsp3) is 0.200. The van der Waals surface area contributed by atoms with Gasteiger partial charge in [-0.2, -0.15) is 0 Å². The molecule has 2 aromatic heterocycles. The summed E-state index contributed by atoms with van der Waals surface area (Å²) in [5, 5.41) is 0. The summed E-state index contributed by atoms with van der Waals surface area (Å²) in [6, 6.07) is 6.33. The molecule has 0 N–H and O–H groups in total. The third-order valence-electron chi connectivity index (χ3n) is 2.54. The molecule has 0 radical (unpaired) electrons. The molecule has 0 bridgehead atoms. The minimum absolute atomic E-state index is 0.983. The van der Waals surface area contributed by atoms with Gasteiger partial charge >= 0.3 is 5.82 Å². The number of nitrogens with zero attached hydrogens (tertiary/aromatic N) is 3. The van der Waals surface area contributed by atoms with E-state index in [1.54, 1.807) is 0 Å². The highest BCUT2D eigenvalue weighted by Crippen LogP contribution is 2.12. The molecule has 3 nitrogen and oxygen atoms in total. The average Bonchev–Trinajstić information content (AvgIpc) is 2.62. The predicted octanol–water partition coefficient (Wildman–Crippen LogP) is -0.0490. The Balaban J connectivity index is 2.37. The third kappa shape index (κ3) is 0.786. The SMILES string of the molecule is C[n+]1cccc2c1-n1ccc[n+]1C2. The summed E-state index contributed by atoms with van der Waals surface area (Å²) in [7, 11) is 2.08. The second kappa shape index (κ2) is 2.19. The second-order valence-electron chi connectivity index (χ2n) is 3.40. The van der Waals surface area contributed by atoms with Crippen LogP contribution in [0.5, 0.6) is 0 Å². The first-order chi connectivity index (χ1) is 6.36. The van der Waals surface area contributed by atoms with E-state index in [0.717, 1.165) is 6.54 Å². The minimum atomic E-state index is 0.983. The van der Waals surface area contributed by atoms with Gasteiger partial charge in [-0.1, -0.05) is 0 Å². The molecule has 2 aromatic rings. The largest absolute Gasteiger partial charge is 0.351 e. The first-order valence-electron chi connectivity index (χ1n) is 4.41. The molecule has 3 rings (SSSR count). The van der Waals surface area contributed by atoms with E-state index in [4.69, 9.17) is 0 Å². The molecule has 0 aliphatic carbocycles. The van der Waals surface area contributed by atoms with E-state index in [-0.39, 0.29) is 0 Å². The van der Waals surface area contributed by atoms with Crippen molar-refractivity contribution >= 4 is 0 Å². The van der Waals surface area contributed by atoms with Crippen molar-refractivity contribution in [1.29, 1.82) is 0 Å². The maximum atomic E-state index is 2.20. The molecule has 1 aliphatic rings. The van der Waals surface area contributed by atoms with Crippen molar-refractivity contribution < 1.29 is 9.25 Å². The molecular formula is C10H11N3+2. The summed E-state index contributed by atoms with van der Waals surface area (Å²) in [5.41, 5.74) is 1.38. The van der Waals surface area contributed by atoms with Gasteiger partial charge in [-0.15, -0.1) is 0 Å². The van der Waals surface area contributed by atoms with Gasteiger partial charge in [0, 0.05) is 4.68 Å². The summed E-state index contributed by atoms with van der Waals surface area (Å²) in [6.45, 7) is 0.983. The Morgan fingerprint density at radius 3 is 3.15 bits per heavy atom. The van der Waals surface area contributed by atoms with Crippen LogP contribution in [0.4, 0.5) is 0 Å². The first-order valence-corrected chi connectivity index (χ1v) is 4.41. The molecule has 0 saturated heterocycles. The van der Waals surface area contributed by atoms with E-state index in [1.165, 1.54) is 11.4 Å². The van der Waals surface area contributed by atoms with Gasteiger partial charge in [0.1, 0.15) is 5.56 Å². The van der Waals surface area contributed by atoms with Crippen LogP contribution in [0, 0.1) is 0 Å². The molecule has 1 aliphatic heterocycles. The van der Waals surface area contributed by atoms with Crippen LogP contribution in [-0.2, 0) is 13.6 Å². The number of hydrogen-bond donors (Lipinski definition) is 0. The molecule has 64 valence electrons. The maximum Gasteiger partial charge on any atom is 0.351 e. The third-order valence-corrected chi connectivity index (χ3v) is 2.54. The zero-order chi connectivity index (χ0) is 8.84. The molecule has 0 saturated carbocycles. The summed E-state index contributed by atoms with van der Waals surface area (Å²) in [5.74, 6) is 1.27. The topological polar surface area (TPSA) is 12.7 Å². The Hall–Kier alpha value is -1.64. The number of hydrogen-bond acceptors (Lipinski definition) is 0. The maximum absolute atomic E-state index is 2.20. The quantitative estimate of drug-likeness (QED) is 0.423. The molecule has 0 aromatic carbocycles. The van der Waals surface area contributed by atoms with Crippen LogP contribution in [0.2, 0.25) is 0 Å². The minimum Gasteiger partial charge on any atom is -0.232 e. The summed E-state index contributed by atoms with van der Waals surface area (Å²) in [4.78, 5) is 0. The van der Waals surface area contributed by atoms with Crippen LogP contribution >= 0.6 is 0 Å². The molecule has 3 heterocycles. The molecule has 0 unspecified atom stereocenters. The molecule has 3 heteroatoms. The Bertz CT molecular complexity index is 471. The number of pyridine rings is 1. The van der Waals surface area contributed by atoms with E-state index in [0.29, 0.717) is 0 Å². The Morgan fingerprint density at radius 1 is 1.31 bits per heavy atom. The monoisotopic (exact) mass is 173 g/mol. The van der Waals surface area contributed by atoms with Gasteiger partial charge in [-0.25, -0.2) is 4.57 Å². The normalized spacial score (nSPS) is 12.7. The molecule has 0 fully saturated rings. The van der Waals surface area contributed by atoms with E-state index in [1.807, 2.05) is 0 Å². The van der Waals surface area contributed by atoms with Gasteiger partial charge in [0.15, 0.2) is 6.20 Å². The zero-order valence-corrected chi connectivity index (χ0v) is 7.51. The van der Waals surface area contributed by atoms with Crippen molar-refractivity contribution in [3.63, 3.8) is 0 Å². The summed E-state index contributed by atoms with van der Waals surface area (Å²) >= 11 is 0. The number of fused-ring (bicyclic) bond motifs is 3. The van der Waals surface area contributed by atoms with Crippen LogP contribution in [0.25, 0.3) is 5.82 Å². The highest BCUT2D eigenvalue weighted by Gasteiger charge is 2.33.